The van der Waals surface area contributed by atoms with Crippen molar-refractivity contribution < 1.29 is 18.3 Å². The van der Waals surface area contributed by atoms with Gasteiger partial charge in [0.1, 0.15) is 6.54 Å². The Morgan fingerprint density at radius 2 is 2.32 bits per heavy atom. The van der Waals surface area contributed by atoms with Gasteiger partial charge in [0.05, 0.1) is 24.6 Å². The smallest absolute Gasteiger partial charge is 0.325 e. The summed E-state index contributed by atoms with van der Waals surface area (Å²) in [6.45, 7) is -0.429. The van der Waals surface area contributed by atoms with Crippen LogP contribution in [0, 0.1) is 0 Å². The number of nitrogens with one attached hydrogen (secondary N) is 2. The molecule has 0 fully saturated rings. The van der Waals surface area contributed by atoms with Gasteiger partial charge in [-0.25, -0.2) is 17.8 Å². The fraction of sp³-hybridized carbons (Fsp3) is 0.250. The number of aliphatic carboxylic acids is 1. The van der Waals surface area contributed by atoms with E-state index >= 15 is 0 Å². The molecule has 0 spiro atoms. The molecule has 0 unspecified atom stereocenters. The van der Waals surface area contributed by atoms with Crippen molar-refractivity contribution >= 4 is 16.0 Å². The van der Waals surface area contributed by atoms with E-state index in [1.165, 1.54) is 18.5 Å². The molecule has 2 heterocycles. The van der Waals surface area contributed by atoms with E-state index in [1.54, 1.807) is 0 Å². The molecule has 102 valence electrons. The number of carboxylic acids is 1. The largest absolute Gasteiger partial charge is 0.480 e. The molecule has 3 N–H and O–H groups in total. The molecule has 2 rings (SSSR count). The van der Waals surface area contributed by atoms with Gasteiger partial charge in [0.15, 0.2) is 5.03 Å². The summed E-state index contributed by atoms with van der Waals surface area (Å²) in [5, 5.41) is 21.6. The number of nitrogens with zero attached hydrogens (tertiary/aromatic N) is 4. The average molecular weight is 286 g/mol. The normalized spacial score (nSPS) is 11.6. The first-order valence-corrected chi connectivity index (χ1v) is 6.55. The quantitative estimate of drug-likeness (QED) is 0.590. The van der Waals surface area contributed by atoms with Gasteiger partial charge < -0.3 is 5.11 Å². The van der Waals surface area contributed by atoms with E-state index < -0.39 is 16.0 Å². The maximum absolute atomic E-state index is 11.7. The minimum Gasteiger partial charge on any atom is -0.480 e. The van der Waals surface area contributed by atoms with Crippen LogP contribution in [0.4, 0.5) is 0 Å². The maximum atomic E-state index is 11.7. The van der Waals surface area contributed by atoms with Crippen LogP contribution in [0.3, 0.4) is 0 Å². The van der Waals surface area contributed by atoms with Crippen molar-refractivity contribution in [3.8, 4) is 0 Å². The zero-order chi connectivity index (χ0) is 13.9. The van der Waals surface area contributed by atoms with Crippen molar-refractivity contribution in [2.75, 3.05) is 0 Å². The molecule has 0 aromatic carbocycles. The Hall–Kier alpha value is -2.27. The molecule has 0 saturated heterocycles. The second-order valence-corrected chi connectivity index (χ2v) is 5.28. The topological polar surface area (TPSA) is 143 Å². The van der Waals surface area contributed by atoms with Crippen molar-refractivity contribution in [3.63, 3.8) is 0 Å². The first-order chi connectivity index (χ1) is 8.97. The minimum absolute atomic E-state index is 0.0644. The van der Waals surface area contributed by atoms with E-state index in [0.29, 0.717) is 5.69 Å². The molecule has 0 bridgehead atoms. The minimum atomic E-state index is -3.69. The van der Waals surface area contributed by atoms with Gasteiger partial charge in [-0.3, -0.25) is 9.89 Å². The van der Waals surface area contributed by atoms with E-state index in [-0.39, 0.29) is 18.1 Å². The summed E-state index contributed by atoms with van der Waals surface area (Å²) in [5.74, 6) is -1.06. The summed E-state index contributed by atoms with van der Waals surface area (Å²) in [4.78, 5) is 10.4. The van der Waals surface area contributed by atoms with Gasteiger partial charge in [-0.1, -0.05) is 5.21 Å². The molecule has 0 aliphatic heterocycles. The summed E-state index contributed by atoms with van der Waals surface area (Å²) in [7, 11) is -3.69. The first kappa shape index (κ1) is 13.2. The molecule has 11 heteroatoms. The number of hydrogen-bond donors (Lipinski definition) is 3. The van der Waals surface area contributed by atoms with Crippen LogP contribution in [-0.4, -0.2) is 44.7 Å². The summed E-state index contributed by atoms with van der Waals surface area (Å²) in [5.41, 5.74) is 0.310. The highest BCUT2D eigenvalue weighted by atomic mass is 32.2. The molecule has 2 aromatic heterocycles. The number of carbonyl (C=O) groups is 1. The molecule has 10 nitrogen and oxygen atoms in total. The van der Waals surface area contributed by atoms with E-state index in [4.69, 9.17) is 5.11 Å². The number of rotatable bonds is 6. The second kappa shape index (κ2) is 5.16. The Morgan fingerprint density at radius 3 is 2.95 bits per heavy atom. The van der Waals surface area contributed by atoms with Crippen LogP contribution < -0.4 is 4.72 Å². The predicted molar refractivity (Wildman–Crippen MR) is 60.3 cm³/mol. The van der Waals surface area contributed by atoms with Gasteiger partial charge in [-0.2, -0.15) is 5.10 Å². The number of aromatic nitrogens is 5. The molecule has 0 atom stereocenters. The number of sulfonamides is 1. The molecule has 19 heavy (non-hydrogen) atoms. The van der Waals surface area contributed by atoms with Crippen LogP contribution in [0.2, 0.25) is 0 Å². The second-order valence-electron chi connectivity index (χ2n) is 3.55. The number of hydrogen-bond acceptors (Lipinski definition) is 6. The molecular formula is C8H10N6O4S. The lowest BCUT2D eigenvalue weighted by atomic mass is 10.5. The van der Waals surface area contributed by atoms with Crippen molar-refractivity contribution in [2.45, 2.75) is 18.1 Å². The molecule has 0 aliphatic carbocycles. The highest BCUT2D eigenvalue weighted by molar-refractivity contribution is 7.89. The van der Waals surface area contributed by atoms with Crippen LogP contribution in [-0.2, 0) is 27.9 Å². The molecule has 0 aliphatic rings. The van der Waals surface area contributed by atoms with Crippen molar-refractivity contribution in [1.82, 2.24) is 29.9 Å². The highest BCUT2D eigenvalue weighted by Crippen LogP contribution is 2.03. The van der Waals surface area contributed by atoms with Gasteiger partial charge >= 0.3 is 5.97 Å². The third-order valence-corrected chi connectivity index (χ3v) is 3.42. The summed E-state index contributed by atoms with van der Waals surface area (Å²) < 4.78 is 26.8. The van der Waals surface area contributed by atoms with E-state index in [1.807, 2.05) is 0 Å². The Morgan fingerprint density at radius 1 is 1.53 bits per heavy atom. The predicted octanol–water partition coefficient (Wildman–Crippen LogP) is -1.44. The summed E-state index contributed by atoms with van der Waals surface area (Å²) >= 11 is 0. The zero-order valence-corrected chi connectivity index (χ0v) is 10.3. The number of carboxylic acid groups (broad SMARTS) is 1. The number of aromatic amines is 1. The Bertz CT molecular complexity index is 661. The zero-order valence-electron chi connectivity index (χ0n) is 9.52. The van der Waals surface area contributed by atoms with Crippen molar-refractivity contribution in [1.29, 1.82) is 0 Å². The molecule has 0 saturated carbocycles. The fourth-order valence-electron chi connectivity index (χ4n) is 1.27. The van der Waals surface area contributed by atoms with Crippen LogP contribution >= 0.6 is 0 Å². The van der Waals surface area contributed by atoms with Gasteiger partial charge in [0.2, 0.25) is 0 Å². The van der Waals surface area contributed by atoms with Gasteiger partial charge in [-0.15, -0.1) is 5.10 Å². The first-order valence-electron chi connectivity index (χ1n) is 5.07. The summed E-state index contributed by atoms with van der Waals surface area (Å²) in [6.07, 6.45) is 2.67. The van der Waals surface area contributed by atoms with Crippen LogP contribution in [0.5, 0.6) is 0 Å². The van der Waals surface area contributed by atoms with Gasteiger partial charge in [0, 0.05) is 0 Å². The van der Waals surface area contributed by atoms with Gasteiger partial charge in [-0.05, 0) is 6.07 Å². The highest BCUT2D eigenvalue weighted by Gasteiger charge is 2.15. The average Bonchev–Trinajstić information content (AvgIpc) is 2.96. The molecule has 0 amide bonds. The van der Waals surface area contributed by atoms with Crippen molar-refractivity contribution in [3.05, 3.63) is 24.2 Å². The van der Waals surface area contributed by atoms with Crippen LogP contribution in [0.15, 0.2) is 23.5 Å². The van der Waals surface area contributed by atoms with E-state index in [9.17, 15) is 13.2 Å². The fourth-order valence-corrected chi connectivity index (χ4v) is 2.18. The monoisotopic (exact) mass is 286 g/mol. The Labute approximate surface area is 107 Å². The standard InChI is InChI=1S/C8H10N6O4S/c15-8(16)5-14-4-6(11-13-14)3-10-19(17,18)7-1-2-9-12-7/h1-2,4,10H,3,5H2,(H,9,12)(H,15,16). The lowest BCUT2D eigenvalue weighted by molar-refractivity contribution is -0.137. The lowest BCUT2D eigenvalue weighted by Gasteiger charge is -2.01. The van der Waals surface area contributed by atoms with E-state index in [2.05, 4.69) is 25.2 Å². The molecule has 2 aromatic rings. The number of H-pyrrole nitrogens is 1. The van der Waals surface area contributed by atoms with Crippen LogP contribution in [0.25, 0.3) is 0 Å². The van der Waals surface area contributed by atoms with Gasteiger partial charge in [0.25, 0.3) is 10.0 Å². The summed E-state index contributed by atoms with van der Waals surface area (Å²) in [6, 6.07) is 1.31. The SMILES string of the molecule is O=C(O)Cn1cc(CNS(=O)(=O)c2ccn[nH]2)nn1. The van der Waals surface area contributed by atoms with Crippen molar-refractivity contribution in [2.24, 2.45) is 0 Å². The maximum Gasteiger partial charge on any atom is 0.325 e. The third-order valence-electron chi connectivity index (χ3n) is 2.09. The molecular weight excluding hydrogens is 276 g/mol. The Balaban J connectivity index is 1.99. The van der Waals surface area contributed by atoms with E-state index in [0.717, 1.165) is 4.68 Å². The lowest BCUT2D eigenvalue weighted by Crippen LogP contribution is -2.23. The molecule has 0 radical (unpaired) electrons. The Kier molecular flexibility index (Phi) is 3.57. The third kappa shape index (κ3) is 3.35. The van der Waals surface area contributed by atoms with Crippen LogP contribution in [0.1, 0.15) is 5.69 Å².